The Hall–Kier alpha value is -1.26. The third-order valence-corrected chi connectivity index (χ3v) is 4.59. The minimum atomic E-state index is -0.790. The first-order valence-electron chi connectivity index (χ1n) is 7.66. The molecule has 2 amide bonds. The van der Waals surface area contributed by atoms with Gasteiger partial charge in [0.25, 0.3) is 0 Å². The Kier molecular flexibility index (Phi) is 4.55. The molecule has 0 bridgehead atoms. The highest BCUT2D eigenvalue weighted by atomic mass is 16.4. The van der Waals surface area contributed by atoms with Crippen LogP contribution in [-0.4, -0.2) is 41.1 Å². The van der Waals surface area contributed by atoms with Gasteiger partial charge in [-0.25, -0.2) is 4.79 Å². The number of carbonyl (C=O) groups excluding carboxylic acids is 1. The zero-order chi connectivity index (χ0) is 14.8. The topological polar surface area (TPSA) is 69.6 Å². The van der Waals surface area contributed by atoms with Gasteiger partial charge in [-0.15, -0.1) is 0 Å². The van der Waals surface area contributed by atoms with Crippen LogP contribution in [0.1, 0.15) is 52.4 Å². The third kappa shape index (κ3) is 3.87. The van der Waals surface area contributed by atoms with Gasteiger partial charge >= 0.3 is 12.0 Å². The van der Waals surface area contributed by atoms with Gasteiger partial charge in [-0.1, -0.05) is 20.3 Å². The van der Waals surface area contributed by atoms with Crippen LogP contribution in [0.2, 0.25) is 0 Å². The highest BCUT2D eigenvalue weighted by molar-refractivity contribution is 5.76. The molecule has 2 aliphatic rings. The molecular formula is C15H26N2O3. The van der Waals surface area contributed by atoms with E-state index in [1.54, 1.807) is 4.90 Å². The Morgan fingerprint density at radius 2 is 2.00 bits per heavy atom. The number of nitrogens with one attached hydrogen (secondary N) is 1. The number of aliphatic carboxylic acids is 1. The standard InChI is InChI=1S/C15H26N2O3/c1-15(2)7-3-6-12(9-15)16-14(20)17-8-4-5-11(10-17)13(18)19/h11-12H,3-10H2,1-2H3,(H,16,20)(H,18,19)/t11-,12?/m1/s1. The fraction of sp³-hybridized carbons (Fsp3) is 0.867. The van der Waals surface area contributed by atoms with E-state index in [1.165, 1.54) is 6.42 Å². The van der Waals surface area contributed by atoms with Crippen molar-refractivity contribution in [2.24, 2.45) is 11.3 Å². The molecule has 1 saturated heterocycles. The van der Waals surface area contributed by atoms with Gasteiger partial charge in [-0.3, -0.25) is 4.79 Å². The molecule has 1 aliphatic carbocycles. The third-order valence-electron chi connectivity index (χ3n) is 4.59. The van der Waals surface area contributed by atoms with E-state index in [0.717, 1.165) is 25.7 Å². The summed E-state index contributed by atoms with van der Waals surface area (Å²) in [5.74, 6) is -1.20. The van der Waals surface area contributed by atoms with Gasteiger partial charge in [0, 0.05) is 19.1 Å². The van der Waals surface area contributed by atoms with Crippen LogP contribution in [0.5, 0.6) is 0 Å². The van der Waals surface area contributed by atoms with Crippen LogP contribution in [0.4, 0.5) is 4.79 Å². The number of nitrogens with zero attached hydrogens (tertiary/aromatic N) is 1. The molecule has 0 aromatic heterocycles. The lowest BCUT2D eigenvalue weighted by atomic mass is 9.75. The van der Waals surface area contributed by atoms with Crippen LogP contribution in [0.15, 0.2) is 0 Å². The molecule has 114 valence electrons. The van der Waals surface area contributed by atoms with Crippen molar-refractivity contribution in [2.45, 2.75) is 58.4 Å². The first kappa shape index (κ1) is 15.1. The molecular weight excluding hydrogens is 256 g/mol. The van der Waals surface area contributed by atoms with Gasteiger partial charge in [0.15, 0.2) is 0 Å². The zero-order valence-electron chi connectivity index (χ0n) is 12.5. The number of piperidine rings is 1. The van der Waals surface area contributed by atoms with Crippen LogP contribution in [0, 0.1) is 11.3 Å². The summed E-state index contributed by atoms with van der Waals surface area (Å²) in [6.07, 6.45) is 5.86. The molecule has 2 atom stereocenters. The second-order valence-corrected chi connectivity index (χ2v) is 7.03. The summed E-state index contributed by atoms with van der Waals surface area (Å²) in [6.45, 7) is 5.50. The second-order valence-electron chi connectivity index (χ2n) is 7.03. The van der Waals surface area contributed by atoms with Crippen LogP contribution in [-0.2, 0) is 4.79 Å². The van der Waals surface area contributed by atoms with Gasteiger partial charge in [0.05, 0.1) is 5.92 Å². The summed E-state index contributed by atoms with van der Waals surface area (Å²) in [4.78, 5) is 25.0. The Morgan fingerprint density at radius 3 is 2.65 bits per heavy atom. The van der Waals surface area contributed by atoms with Crippen molar-refractivity contribution < 1.29 is 14.7 Å². The summed E-state index contributed by atoms with van der Waals surface area (Å²) in [5.41, 5.74) is 0.293. The van der Waals surface area contributed by atoms with Crippen LogP contribution < -0.4 is 5.32 Å². The lowest BCUT2D eigenvalue weighted by Crippen LogP contribution is -2.51. The molecule has 1 aliphatic heterocycles. The van der Waals surface area contributed by atoms with Gasteiger partial charge in [0.2, 0.25) is 0 Å². The average Bonchev–Trinajstić information content (AvgIpc) is 2.37. The lowest BCUT2D eigenvalue weighted by molar-refractivity contribution is -0.143. The Balaban J connectivity index is 1.86. The van der Waals surface area contributed by atoms with Gasteiger partial charge in [-0.05, 0) is 37.5 Å². The van der Waals surface area contributed by atoms with Crippen molar-refractivity contribution in [3.63, 3.8) is 0 Å². The normalized spacial score (nSPS) is 29.8. The van der Waals surface area contributed by atoms with Crippen molar-refractivity contribution in [3.05, 3.63) is 0 Å². The van der Waals surface area contributed by atoms with Crippen molar-refractivity contribution in [1.29, 1.82) is 0 Å². The average molecular weight is 282 g/mol. The summed E-state index contributed by atoms with van der Waals surface area (Å²) < 4.78 is 0. The number of carbonyl (C=O) groups is 2. The lowest BCUT2D eigenvalue weighted by Gasteiger charge is -2.37. The molecule has 5 heteroatoms. The molecule has 0 aromatic rings. The Labute approximate surface area is 120 Å². The Morgan fingerprint density at radius 1 is 1.25 bits per heavy atom. The minimum absolute atomic E-state index is 0.0846. The summed E-state index contributed by atoms with van der Waals surface area (Å²) >= 11 is 0. The van der Waals surface area contributed by atoms with E-state index < -0.39 is 11.9 Å². The summed E-state index contributed by atoms with van der Waals surface area (Å²) in [6, 6.07) is 0.148. The van der Waals surface area contributed by atoms with Gasteiger partial charge < -0.3 is 15.3 Å². The van der Waals surface area contributed by atoms with Crippen LogP contribution >= 0.6 is 0 Å². The summed E-state index contributed by atoms with van der Waals surface area (Å²) in [7, 11) is 0. The molecule has 2 fully saturated rings. The highest BCUT2D eigenvalue weighted by Gasteiger charge is 2.32. The highest BCUT2D eigenvalue weighted by Crippen LogP contribution is 2.35. The van der Waals surface area contributed by atoms with E-state index in [2.05, 4.69) is 19.2 Å². The first-order valence-corrected chi connectivity index (χ1v) is 7.66. The number of amides is 2. The monoisotopic (exact) mass is 282 g/mol. The maximum Gasteiger partial charge on any atom is 0.317 e. The summed E-state index contributed by atoms with van der Waals surface area (Å²) in [5, 5.41) is 12.2. The number of urea groups is 1. The van der Waals surface area contributed by atoms with E-state index in [1.807, 2.05) is 0 Å². The molecule has 1 heterocycles. The van der Waals surface area contributed by atoms with Crippen molar-refractivity contribution in [3.8, 4) is 0 Å². The molecule has 0 aromatic carbocycles. The van der Waals surface area contributed by atoms with Crippen molar-refractivity contribution in [1.82, 2.24) is 10.2 Å². The van der Waals surface area contributed by atoms with E-state index in [9.17, 15) is 9.59 Å². The number of hydrogen-bond acceptors (Lipinski definition) is 2. The van der Waals surface area contributed by atoms with Crippen molar-refractivity contribution >= 4 is 12.0 Å². The molecule has 2 N–H and O–H groups in total. The molecule has 20 heavy (non-hydrogen) atoms. The van der Waals surface area contributed by atoms with E-state index in [4.69, 9.17) is 5.11 Å². The molecule has 2 rings (SSSR count). The second kappa shape index (κ2) is 6.02. The number of hydrogen-bond donors (Lipinski definition) is 2. The number of likely N-dealkylation sites (tertiary alicyclic amines) is 1. The predicted octanol–water partition coefficient (Wildman–Crippen LogP) is 2.46. The maximum atomic E-state index is 12.3. The first-order chi connectivity index (χ1) is 9.37. The molecule has 1 saturated carbocycles. The van der Waals surface area contributed by atoms with E-state index >= 15 is 0 Å². The fourth-order valence-electron chi connectivity index (χ4n) is 3.45. The van der Waals surface area contributed by atoms with Gasteiger partial charge in [0.1, 0.15) is 0 Å². The Bertz CT molecular complexity index is 381. The van der Waals surface area contributed by atoms with Crippen LogP contribution in [0.25, 0.3) is 0 Å². The molecule has 0 spiro atoms. The SMILES string of the molecule is CC1(C)CCCC(NC(=O)N2CCC[C@@H](C(=O)O)C2)C1. The number of carboxylic acid groups (broad SMARTS) is 1. The molecule has 5 nitrogen and oxygen atoms in total. The van der Waals surface area contributed by atoms with E-state index in [-0.39, 0.29) is 12.1 Å². The van der Waals surface area contributed by atoms with E-state index in [0.29, 0.717) is 24.9 Å². The van der Waals surface area contributed by atoms with Gasteiger partial charge in [-0.2, -0.15) is 0 Å². The maximum absolute atomic E-state index is 12.3. The van der Waals surface area contributed by atoms with Crippen molar-refractivity contribution in [2.75, 3.05) is 13.1 Å². The zero-order valence-corrected chi connectivity index (χ0v) is 12.5. The predicted molar refractivity (Wildman–Crippen MR) is 76.5 cm³/mol. The molecule has 0 radical (unpaired) electrons. The minimum Gasteiger partial charge on any atom is -0.481 e. The van der Waals surface area contributed by atoms with Crippen LogP contribution in [0.3, 0.4) is 0 Å². The quantitative estimate of drug-likeness (QED) is 0.817. The fourth-order valence-corrected chi connectivity index (χ4v) is 3.45. The number of carboxylic acids is 1. The molecule has 1 unspecified atom stereocenters. The smallest absolute Gasteiger partial charge is 0.317 e. The largest absolute Gasteiger partial charge is 0.481 e. The number of rotatable bonds is 2.